The molecule has 3 aromatic rings. The predicted molar refractivity (Wildman–Crippen MR) is 86.0 cm³/mol. The van der Waals surface area contributed by atoms with Crippen molar-refractivity contribution in [2.45, 2.75) is 12.8 Å². The van der Waals surface area contributed by atoms with E-state index in [0.29, 0.717) is 15.6 Å². The summed E-state index contributed by atoms with van der Waals surface area (Å²) in [5.74, 6) is 0.130. The Morgan fingerprint density at radius 1 is 1.04 bits per heavy atom. The molecule has 0 spiro atoms. The van der Waals surface area contributed by atoms with E-state index in [1.54, 1.807) is 18.2 Å². The van der Waals surface area contributed by atoms with Crippen LogP contribution in [0.3, 0.4) is 0 Å². The van der Waals surface area contributed by atoms with E-state index in [2.05, 4.69) is 4.98 Å². The average molecular weight is 396 g/mol. The zero-order chi connectivity index (χ0) is 17.5. The number of hydrogen-bond acceptors (Lipinski definition) is 2. The number of aromatic nitrogens is 2. The number of pyridine rings is 1. The molecule has 9 heteroatoms. The maximum Gasteiger partial charge on any atom is 0.436 e. The molecule has 0 saturated carbocycles. The molecule has 0 amide bonds. The van der Waals surface area contributed by atoms with E-state index in [0.717, 1.165) is 4.40 Å². The number of hydrogen-bond donors (Lipinski definition) is 0. The molecule has 3 rings (SSSR count). The van der Waals surface area contributed by atoms with Gasteiger partial charge in [0.2, 0.25) is 0 Å². The van der Waals surface area contributed by atoms with Gasteiger partial charge in [-0.25, -0.2) is 4.98 Å². The number of alkyl halides is 3. The zero-order valence-electron chi connectivity index (χ0n) is 11.7. The Kier molecular flexibility index (Phi) is 4.55. The fourth-order valence-electron chi connectivity index (χ4n) is 2.13. The van der Waals surface area contributed by atoms with Crippen LogP contribution in [0.15, 0.2) is 36.5 Å². The maximum absolute atomic E-state index is 12.9. The van der Waals surface area contributed by atoms with Crippen LogP contribution < -0.4 is 4.74 Å². The summed E-state index contributed by atoms with van der Waals surface area (Å²) in [4.78, 5) is 3.56. The summed E-state index contributed by atoms with van der Waals surface area (Å²) >= 11 is 17.9. The molecular formula is C15H8Cl3F3N2O. The molecule has 0 radical (unpaired) electrons. The zero-order valence-corrected chi connectivity index (χ0v) is 14.0. The van der Waals surface area contributed by atoms with Gasteiger partial charge in [0, 0.05) is 21.8 Å². The Morgan fingerprint density at radius 3 is 2.33 bits per heavy atom. The summed E-state index contributed by atoms with van der Waals surface area (Å²) in [5, 5.41) is 0.261. The van der Waals surface area contributed by atoms with Gasteiger partial charge in [-0.05, 0) is 24.3 Å². The van der Waals surface area contributed by atoms with E-state index >= 15 is 0 Å². The highest BCUT2D eigenvalue weighted by molar-refractivity contribution is 6.36. The van der Waals surface area contributed by atoms with Crippen LogP contribution >= 0.6 is 34.8 Å². The van der Waals surface area contributed by atoms with Crippen molar-refractivity contribution in [3.63, 3.8) is 0 Å². The van der Waals surface area contributed by atoms with Gasteiger partial charge < -0.3 is 4.74 Å². The third-order valence-corrected chi connectivity index (χ3v) is 4.33. The molecule has 126 valence electrons. The van der Waals surface area contributed by atoms with E-state index in [1.807, 2.05) is 0 Å². The number of rotatable bonds is 3. The van der Waals surface area contributed by atoms with Gasteiger partial charge in [-0.2, -0.15) is 13.2 Å². The number of halogens is 6. The molecule has 0 fully saturated rings. The largest absolute Gasteiger partial charge is 0.485 e. The smallest absolute Gasteiger partial charge is 0.436 e. The highest BCUT2D eigenvalue weighted by Gasteiger charge is 2.38. The fraction of sp³-hybridized carbons (Fsp3) is 0.133. The van der Waals surface area contributed by atoms with Gasteiger partial charge in [-0.1, -0.05) is 40.9 Å². The monoisotopic (exact) mass is 394 g/mol. The third kappa shape index (κ3) is 3.14. The highest BCUT2D eigenvalue weighted by atomic mass is 35.5. The second-order valence-electron chi connectivity index (χ2n) is 4.80. The molecule has 2 aromatic heterocycles. The molecule has 1 aromatic carbocycles. The van der Waals surface area contributed by atoms with Crippen LogP contribution in [0.2, 0.25) is 15.2 Å². The van der Waals surface area contributed by atoms with Crippen LogP contribution in [0.5, 0.6) is 5.75 Å². The highest BCUT2D eigenvalue weighted by Crippen LogP contribution is 2.36. The predicted octanol–water partition coefficient (Wildman–Crippen LogP) is 5.89. The molecule has 24 heavy (non-hydrogen) atoms. The third-order valence-electron chi connectivity index (χ3n) is 3.26. The minimum atomic E-state index is -4.66. The summed E-state index contributed by atoms with van der Waals surface area (Å²) in [5.41, 5.74) is -0.689. The van der Waals surface area contributed by atoms with Gasteiger partial charge in [0.1, 0.15) is 11.8 Å². The van der Waals surface area contributed by atoms with Gasteiger partial charge in [-0.15, -0.1) is 0 Å². The van der Waals surface area contributed by atoms with Crippen molar-refractivity contribution < 1.29 is 17.9 Å². The van der Waals surface area contributed by atoms with Crippen molar-refractivity contribution >= 4 is 40.4 Å². The van der Waals surface area contributed by atoms with Gasteiger partial charge >= 0.3 is 6.18 Å². The van der Waals surface area contributed by atoms with Crippen LogP contribution in [-0.2, 0) is 12.8 Å². The lowest BCUT2D eigenvalue weighted by Crippen LogP contribution is -2.06. The van der Waals surface area contributed by atoms with E-state index in [4.69, 9.17) is 39.5 Å². The van der Waals surface area contributed by atoms with Crippen LogP contribution in [-0.4, -0.2) is 9.38 Å². The van der Waals surface area contributed by atoms with Crippen molar-refractivity contribution in [1.29, 1.82) is 0 Å². The molecule has 0 bridgehead atoms. The summed E-state index contributed by atoms with van der Waals surface area (Å²) in [6.07, 6.45) is -3.29. The van der Waals surface area contributed by atoms with Gasteiger partial charge in [0.05, 0.1) is 0 Å². The molecule has 0 atom stereocenters. The second kappa shape index (κ2) is 6.35. The van der Waals surface area contributed by atoms with Crippen molar-refractivity contribution in [3.8, 4) is 5.75 Å². The number of benzene rings is 1. The Hall–Kier alpha value is -1.63. The van der Waals surface area contributed by atoms with Crippen molar-refractivity contribution in [3.05, 3.63) is 63.0 Å². The summed E-state index contributed by atoms with van der Waals surface area (Å²) in [6, 6.07) is 7.95. The van der Waals surface area contributed by atoms with Crippen molar-refractivity contribution in [1.82, 2.24) is 9.38 Å². The topological polar surface area (TPSA) is 26.5 Å². The first-order valence-corrected chi connectivity index (χ1v) is 7.72. The molecule has 3 nitrogen and oxygen atoms in total. The van der Waals surface area contributed by atoms with Crippen LogP contribution in [0.4, 0.5) is 13.2 Å². The number of imidazole rings is 1. The number of nitrogens with zero attached hydrogens (tertiary/aromatic N) is 2. The average Bonchev–Trinajstić information content (AvgIpc) is 2.85. The van der Waals surface area contributed by atoms with Crippen LogP contribution in [0, 0.1) is 0 Å². The molecule has 0 saturated heterocycles. The lowest BCUT2D eigenvalue weighted by molar-refractivity contribution is -0.140. The first kappa shape index (κ1) is 17.2. The lowest BCUT2D eigenvalue weighted by atomic mass is 10.2. The first-order chi connectivity index (χ1) is 11.3. The molecule has 0 aliphatic rings. The Balaban J connectivity index is 1.99. The minimum Gasteiger partial charge on any atom is -0.485 e. The van der Waals surface area contributed by atoms with Gasteiger partial charge in [-0.3, -0.25) is 4.40 Å². The van der Waals surface area contributed by atoms with Gasteiger partial charge in [0.25, 0.3) is 0 Å². The van der Waals surface area contributed by atoms with E-state index in [9.17, 15) is 13.2 Å². The van der Waals surface area contributed by atoms with Crippen LogP contribution in [0.1, 0.15) is 11.3 Å². The molecule has 0 N–H and O–H groups in total. The normalized spacial score (nSPS) is 11.9. The summed E-state index contributed by atoms with van der Waals surface area (Å²) in [7, 11) is 0. The lowest BCUT2D eigenvalue weighted by Gasteiger charge is -2.10. The molecule has 2 heterocycles. The first-order valence-electron chi connectivity index (χ1n) is 6.58. The minimum absolute atomic E-state index is 0.0238. The van der Waals surface area contributed by atoms with E-state index < -0.39 is 17.0 Å². The Morgan fingerprint density at radius 2 is 1.71 bits per heavy atom. The van der Waals surface area contributed by atoms with Crippen LogP contribution in [0.25, 0.3) is 5.65 Å². The number of ether oxygens (including phenoxy) is 1. The second-order valence-corrected chi connectivity index (χ2v) is 5.98. The van der Waals surface area contributed by atoms with Crippen molar-refractivity contribution in [2.75, 3.05) is 0 Å². The van der Waals surface area contributed by atoms with E-state index in [-0.39, 0.29) is 18.0 Å². The molecular weight excluding hydrogens is 388 g/mol. The molecule has 0 aliphatic heterocycles. The summed E-state index contributed by atoms with van der Waals surface area (Å²) < 4.78 is 45.5. The van der Waals surface area contributed by atoms with E-state index in [1.165, 1.54) is 18.3 Å². The SMILES string of the molecule is FC(F)(F)c1nc2c(OCc3c(Cl)cccc3Cl)cccn2c1Cl. The fourth-order valence-corrected chi connectivity index (χ4v) is 2.92. The van der Waals surface area contributed by atoms with Crippen molar-refractivity contribution in [2.24, 2.45) is 0 Å². The summed E-state index contributed by atoms with van der Waals surface area (Å²) in [6.45, 7) is -0.0238. The molecule has 0 unspecified atom stereocenters. The quantitative estimate of drug-likeness (QED) is 0.552. The Labute approximate surface area is 149 Å². The standard InChI is InChI=1S/C15H8Cl3F3N2O/c16-9-3-1-4-10(17)8(9)7-24-11-5-2-6-23-13(18)12(15(19,20)21)22-14(11)23/h1-6H,7H2. The number of fused-ring (bicyclic) bond motifs is 1. The maximum atomic E-state index is 12.9. The Bertz CT molecular complexity index is 889. The molecule has 0 aliphatic carbocycles. The van der Waals surface area contributed by atoms with Gasteiger partial charge in [0.15, 0.2) is 17.1 Å².